The minimum absolute atomic E-state index is 0.200. The number of anilines is 1. The van der Waals surface area contributed by atoms with Crippen LogP contribution in [0, 0.1) is 0 Å². The van der Waals surface area contributed by atoms with Crippen LogP contribution in [0.2, 0.25) is 0 Å². The first-order valence-electron chi connectivity index (χ1n) is 6.57. The molecule has 1 rings (SSSR count). The second-order valence-electron chi connectivity index (χ2n) is 5.69. The topological polar surface area (TPSA) is 70.9 Å². The Morgan fingerprint density at radius 2 is 2.20 bits per heavy atom. The van der Waals surface area contributed by atoms with E-state index >= 15 is 0 Å². The predicted molar refractivity (Wildman–Crippen MR) is 79.6 cm³/mol. The number of nitrogens with one attached hydrogen (secondary N) is 1. The van der Waals surface area contributed by atoms with Gasteiger partial charge in [0.05, 0.1) is 0 Å². The van der Waals surface area contributed by atoms with Crippen LogP contribution >= 0.6 is 0 Å². The molecular formula is C15H22N2O3. The number of hydrogen-bond donors (Lipinski definition) is 2. The van der Waals surface area contributed by atoms with Gasteiger partial charge < -0.3 is 9.94 Å². The lowest BCUT2D eigenvalue weighted by Gasteiger charge is -2.20. The predicted octanol–water partition coefficient (Wildman–Crippen LogP) is 3.99. The summed E-state index contributed by atoms with van der Waals surface area (Å²) in [5.74, 6) is 0.200. The number of ether oxygens (including phenoxy) is 1. The number of carbonyl (C=O) groups excluding carboxylic acids is 1. The molecule has 0 saturated carbocycles. The fraction of sp³-hybridized carbons (Fsp3) is 0.467. The van der Waals surface area contributed by atoms with Crippen molar-refractivity contribution in [2.75, 3.05) is 5.32 Å². The van der Waals surface area contributed by atoms with Crippen LogP contribution in [0.15, 0.2) is 29.4 Å². The van der Waals surface area contributed by atoms with Gasteiger partial charge in [0.25, 0.3) is 0 Å². The highest BCUT2D eigenvalue weighted by Crippen LogP contribution is 2.21. The van der Waals surface area contributed by atoms with Gasteiger partial charge in [-0.05, 0) is 50.8 Å². The molecule has 0 aromatic heterocycles. The molecule has 1 aromatic rings. The normalized spacial score (nSPS) is 13.2. The fourth-order valence-corrected chi connectivity index (χ4v) is 1.69. The molecule has 1 atom stereocenters. The lowest BCUT2D eigenvalue weighted by molar-refractivity contribution is 0.0636. The number of carbonyl (C=O) groups is 1. The summed E-state index contributed by atoms with van der Waals surface area (Å²) in [6.07, 6.45) is 1.62. The molecule has 0 heterocycles. The van der Waals surface area contributed by atoms with Gasteiger partial charge in [0.1, 0.15) is 5.60 Å². The molecule has 110 valence electrons. The van der Waals surface area contributed by atoms with Crippen molar-refractivity contribution in [2.45, 2.75) is 45.6 Å². The van der Waals surface area contributed by atoms with Crippen LogP contribution in [0.3, 0.4) is 0 Å². The van der Waals surface area contributed by atoms with Crippen molar-refractivity contribution in [1.82, 2.24) is 0 Å². The number of rotatable bonds is 4. The van der Waals surface area contributed by atoms with Crippen molar-refractivity contribution < 1.29 is 14.7 Å². The van der Waals surface area contributed by atoms with E-state index in [1.807, 2.05) is 45.9 Å². The number of oxime groups is 1. The van der Waals surface area contributed by atoms with Crippen LogP contribution in [0.1, 0.15) is 45.6 Å². The lowest BCUT2D eigenvalue weighted by atomic mass is 9.98. The summed E-state index contributed by atoms with van der Waals surface area (Å²) in [6, 6.07) is 7.53. The Balaban J connectivity index is 2.71. The number of hydrogen-bond acceptors (Lipinski definition) is 4. The molecule has 1 amide bonds. The highest BCUT2D eigenvalue weighted by Gasteiger charge is 2.16. The van der Waals surface area contributed by atoms with Crippen molar-refractivity contribution in [1.29, 1.82) is 0 Å². The first kappa shape index (κ1) is 16.0. The smallest absolute Gasteiger partial charge is 0.412 e. The standard InChI is InChI=1S/C15H22N2O3/c1-11(8-9-16-19)12-6-5-7-13(10-12)17-14(18)20-15(2,3)4/h5-7,9-11,19H,8H2,1-4H3,(H,17,18)/t11-/m1/s1. The Morgan fingerprint density at radius 1 is 1.50 bits per heavy atom. The van der Waals surface area contributed by atoms with E-state index in [2.05, 4.69) is 10.5 Å². The molecule has 0 fully saturated rings. The van der Waals surface area contributed by atoms with Gasteiger partial charge in [0.2, 0.25) is 0 Å². The maximum absolute atomic E-state index is 11.7. The Bertz CT molecular complexity index is 478. The molecule has 1 aromatic carbocycles. The Morgan fingerprint density at radius 3 is 2.80 bits per heavy atom. The highest BCUT2D eigenvalue weighted by molar-refractivity contribution is 5.85. The minimum atomic E-state index is -0.521. The SMILES string of the molecule is C[C@H](CC=NO)c1cccc(NC(=O)OC(C)(C)C)c1. The van der Waals surface area contributed by atoms with Crippen LogP contribution in [0.5, 0.6) is 0 Å². The van der Waals surface area contributed by atoms with Crippen LogP contribution < -0.4 is 5.32 Å². The first-order chi connectivity index (χ1) is 9.31. The molecule has 0 aliphatic rings. The molecule has 0 bridgehead atoms. The fourth-order valence-electron chi connectivity index (χ4n) is 1.69. The number of amides is 1. The molecule has 20 heavy (non-hydrogen) atoms. The Labute approximate surface area is 119 Å². The van der Waals surface area contributed by atoms with Crippen LogP contribution in [0.4, 0.5) is 10.5 Å². The van der Waals surface area contributed by atoms with Gasteiger partial charge >= 0.3 is 6.09 Å². The van der Waals surface area contributed by atoms with E-state index in [0.29, 0.717) is 12.1 Å². The van der Waals surface area contributed by atoms with Gasteiger partial charge in [-0.3, -0.25) is 5.32 Å². The zero-order valence-corrected chi connectivity index (χ0v) is 12.4. The summed E-state index contributed by atoms with van der Waals surface area (Å²) in [6.45, 7) is 7.48. The van der Waals surface area contributed by atoms with Gasteiger partial charge in [-0.25, -0.2) is 4.79 Å². The van der Waals surface area contributed by atoms with Crippen LogP contribution in [0.25, 0.3) is 0 Å². The van der Waals surface area contributed by atoms with Crippen molar-refractivity contribution in [3.8, 4) is 0 Å². The third-order valence-corrected chi connectivity index (χ3v) is 2.64. The molecule has 0 spiro atoms. The highest BCUT2D eigenvalue weighted by atomic mass is 16.6. The van der Waals surface area contributed by atoms with Crippen molar-refractivity contribution >= 4 is 18.0 Å². The first-order valence-corrected chi connectivity index (χ1v) is 6.57. The third-order valence-electron chi connectivity index (χ3n) is 2.64. The molecule has 0 aliphatic carbocycles. The summed E-state index contributed by atoms with van der Waals surface area (Å²) in [5.41, 5.74) is 1.22. The van der Waals surface area contributed by atoms with E-state index < -0.39 is 11.7 Å². The second kappa shape index (κ2) is 6.93. The van der Waals surface area contributed by atoms with E-state index in [-0.39, 0.29) is 5.92 Å². The summed E-state index contributed by atoms with van der Waals surface area (Å²) in [4.78, 5) is 11.7. The average Bonchev–Trinajstić information content (AvgIpc) is 2.33. The largest absolute Gasteiger partial charge is 0.444 e. The van der Waals surface area contributed by atoms with Crippen molar-refractivity contribution in [3.05, 3.63) is 29.8 Å². The average molecular weight is 278 g/mol. The number of nitrogens with zero attached hydrogens (tertiary/aromatic N) is 1. The van der Waals surface area contributed by atoms with Gasteiger partial charge in [0, 0.05) is 11.9 Å². The van der Waals surface area contributed by atoms with E-state index in [4.69, 9.17) is 9.94 Å². The van der Waals surface area contributed by atoms with E-state index in [1.165, 1.54) is 6.21 Å². The summed E-state index contributed by atoms with van der Waals surface area (Å²) in [7, 11) is 0. The Kier molecular flexibility index (Phi) is 5.55. The maximum atomic E-state index is 11.7. The van der Waals surface area contributed by atoms with E-state index in [1.54, 1.807) is 6.07 Å². The summed E-state index contributed by atoms with van der Waals surface area (Å²) < 4.78 is 5.20. The maximum Gasteiger partial charge on any atom is 0.412 e. The molecule has 0 aliphatic heterocycles. The van der Waals surface area contributed by atoms with Gasteiger partial charge in [-0.1, -0.05) is 19.1 Å². The second-order valence-corrected chi connectivity index (χ2v) is 5.69. The molecule has 0 saturated heterocycles. The molecule has 2 N–H and O–H groups in total. The molecule has 0 radical (unpaired) electrons. The minimum Gasteiger partial charge on any atom is -0.444 e. The van der Waals surface area contributed by atoms with Crippen molar-refractivity contribution in [3.63, 3.8) is 0 Å². The quantitative estimate of drug-likeness (QED) is 0.497. The zero-order chi connectivity index (χ0) is 15.2. The molecule has 5 heteroatoms. The molecule has 5 nitrogen and oxygen atoms in total. The van der Waals surface area contributed by atoms with Gasteiger partial charge in [-0.2, -0.15) is 0 Å². The number of benzene rings is 1. The monoisotopic (exact) mass is 278 g/mol. The summed E-state index contributed by atoms with van der Waals surface area (Å²) in [5, 5.41) is 14.1. The van der Waals surface area contributed by atoms with Crippen LogP contribution in [-0.2, 0) is 4.74 Å². The van der Waals surface area contributed by atoms with E-state index in [0.717, 1.165) is 5.56 Å². The lowest BCUT2D eigenvalue weighted by Crippen LogP contribution is -2.27. The summed E-state index contributed by atoms with van der Waals surface area (Å²) >= 11 is 0. The zero-order valence-electron chi connectivity index (χ0n) is 12.4. The van der Waals surface area contributed by atoms with E-state index in [9.17, 15) is 4.79 Å². The van der Waals surface area contributed by atoms with Crippen molar-refractivity contribution in [2.24, 2.45) is 5.16 Å². The van der Waals surface area contributed by atoms with Gasteiger partial charge in [-0.15, -0.1) is 5.16 Å². The third kappa shape index (κ3) is 5.73. The molecular weight excluding hydrogens is 256 g/mol. The Hall–Kier alpha value is -2.04. The van der Waals surface area contributed by atoms with Crippen LogP contribution in [-0.4, -0.2) is 23.1 Å². The molecule has 0 unspecified atom stereocenters. The van der Waals surface area contributed by atoms with Gasteiger partial charge in [0.15, 0.2) is 0 Å².